The fourth-order valence-corrected chi connectivity index (χ4v) is 3.02. The number of rotatable bonds is 5. The zero-order chi connectivity index (χ0) is 13.1. The Balaban J connectivity index is 0. The second-order valence-electron chi connectivity index (χ2n) is 5.33. The predicted octanol–water partition coefficient (Wildman–Crippen LogP) is -0.508. The summed E-state index contributed by atoms with van der Waals surface area (Å²) in [5, 5.41) is 0. The van der Waals surface area contributed by atoms with Crippen molar-refractivity contribution in [3.8, 4) is 0 Å². The first-order valence-electron chi connectivity index (χ1n) is 7.24. The van der Waals surface area contributed by atoms with Gasteiger partial charge in [0.1, 0.15) is 0 Å². The van der Waals surface area contributed by atoms with Crippen molar-refractivity contribution in [2.75, 3.05) is 0 Å². The van der Waals surface area contributed by atoms with Crippen LogP contribution < -0.4 is 24.8 Å². The van der Waals surface area contributed by atoms with E-state index in [2.05, 4.69) is 39.8 Å². The van der Waals surface area contributed by atoms with Crippen LogP contribution in [-0.2, 0) is 21.7 Å². The molecule has 0 saturated carbocycles. The third kappa shape index (κ3) is 5.43. The molecule has 0 amide bonds. The monoisotopic (exact) mass is 358 g/mol. The van der Waals surface area contributed by atoms with Crippen LogP contribution in [0.2, 0.25) is 0 Å². The molecule has 0 unspecified atom stereocenters. The van der Waals surface area contributed by atoms with Gasteiger partial charge in [-0.2, -0.15) is 22.3 Å². The molecule has 2 aliphatic rings. The Kier molecular flexibility index (Phi) is 12.2. The van der Waals surface area contributed by atoms with Crippen molar-refractivity contribution in [3.63, 3.8) is 0 Å². The first-order valence-corrected chi connectivity index (χ1v) is 7.24. The molecule has 0 N–H and O–H groups in total. The van der Waals surface area contributed by atoms with E-state index in [0.717, 1.165) is 25.7 Å². The molecule has 0 radical (unpaired) electrons. The van der Waals surface area contributed by atoms with Gasteiger partial charge in [-0.3, -0.25) is 12.2 Å². The van der Waals surface area contributed by atoms with Gasteiger partial charge in [0.2, 0.25) is 0 Å². The van der Waals surface area contributed by atoms with Gasteiger partial charge in [-0.1, -0.05) is 26.7 Å². The number of hydrogen-bond donors (Lipinski definition) is 0. The van der Waals surface area contributed by atoms with Crippen LogP contribution in [0.15, 0.2) is 33.4 Å². The van der Waals surface area contributed by atoms with E-state index in [1.807, 2.05) is 0 Å². The molecule has 0 bridgehead atoms. The average Bonchev–Trinajstić information content (AvgIpc) is 2.90. The van der Waals surface area contributed by atoms with E-state index in [4.69, 9.17) is 0 Å². The Bertz CT molecular complexity index is 424. The van der Waals surface area contributed by atoms with E-state index in [1.54, 1.807) is 11.1 Å². The summed E-state index contributed by atoms with van der Waals surface area (Å²) in [6.45, 7) is 8.99. The molecule has 0 aromatic heterocycles. The molecule has 21 heavy (non-hydrogen) atoms. The minimum absolute atomic E-state index is 0. The van der Waals surface area contributed by atoms with Crippen LogP contribution in [0.25, 0.3) is 0 Å². The molecule has 0 aromatic rings. The van der Waals surface area contributed by atoms with Crippen molar-refractivity contribution in [1.82, 2.24) is 0 Å². The molecular formula is C18H24Cl2Ti. The molecule has 0 aromatic carbocycles. The molecule has 114 valence electrons. The quantitative estimate of drug-likeness (QED) is 0.459. The van der Waals surface area contributed by atoms with Crippen molar-refractivity contribution in [3.05, 3.63) is 45.6 Å². The summed E-state index contributed by atoms with van der Waals surface area (Å²) in [6, 6.07) is 0. The molecule has 0 saturated heterocycles. The van der Waals surface area contributed by atoms with E-state index in [0.29, 0.717) is 0 Å². The second kappa shape index (κ2) is 10.9. The van der Waals surface area contributed by atoms with Crippen molar-refractivity contribution in [1.29, 1.82) is 0 Å². The first kappa shape index (κ1) is 23.5. The van der Waals surface area contributed by atoms with Crippen LogP contribution in [-0.4, -0.2) is 0 Å². The van der Waals surface area contributed by atoms with Crippen molar-refractivity contribution in [2.45, 2.75) is 66.2 Å². The summed E-state index contributed by atoms with van der Waals surface area (Å²) < 4.78 is 0. The maximum absolute atomic E-state index is 3.52. The summed E-state index contributed by atoms with van der Waals surface area (Å²) in [6.07, 6.45) is 13.9. The maximum atomic E-state index is 3.52. The average molecular weight is 359 g/mol. The smallest absolute Gasteiger partial charge is 1.00 e. The Morgan fingerprint density at radius 1 is 0.762 bits per heavy atom. The Morgan fingerprint density at radius 2 is 1.10 bits per heavy atom. The van der Waals surface area contributed by atoms with Gasteiger partial charge in [-0.05, 0) is 12.8 Å². The number of halogens is 2. The summed E-state index contributed by atoms with van der Waals surface area (Å²) in [4.78, 5) is 0. The summed E-state index contributed by atoms with van der Waals surface area (Å²) in [5.74, 6) is 0. The van der Waals surface area contributed by atoms with Crippen LogP contribution in [0, 0.1) is 12.2 Å². The molecule has 0 heterocycles. The fourth-order valence-electron chi connectivity index (χ4n) is 3.02. The molecule has 0 atom stereocenters. The van der Waals surface area contributed by atoms with Crippen molar-refractivity contribution < 1.29 is 46.5 Å². The zero-order valence-electron chi connectivity index (χ0n) is 13.5. The van der Waals surface area contributed by atoms with E-state index in [9.17, 15) is 0 Å². The Morgan fingerprint density at radius 3 is 1.33 bits per heavy atom. The van der Waals surface area contributed by atoms with Gasteiger partial charge in [0.05, 0.1) is 0 Å². The molecule has 0 nitrogen and oxygen atoms in total. The largest absolute Gasteiger partial charge is 4.00 e. The van der Waals surface area contributed by atoms with E-state index in [-0.39, 0.29) is 46.5 Å². The van der Waals surface area contributed by atoms with Crippen molar-refractivity contribution >= 4 is 0 Å². The van der Waals surface area contributed by atoms with Gasteiger partial charge in [0, 0.05) is 0 Å². The third-order valence-corrected chi connectivity index (χ3v) is 4.43. The van der Waals surface area contributed by atoms with E-state index in [1.165, 1.54) is 35.1 Å². The van der Waals surface area contributed by atoms with Gasteiger partial charge >= 0.3 is 21.7 Å². The molecule has 2 rings (SSSR count). The second-order valence-corrected chi connectivity index (χ2v) is 5.33. The SMILES string of the molecule is CCC1=[C-]CC(CCC2=C(C)C(CC)=[C-]C2)=C1C.[Cl-].[Cl-].[Ti+4]. The Labute approximate surface area is 157 Å². The normalized spacial score (nSPS) is 17.0. The standard InChI is InChI=1S/C18H24.2ClH.Ti/c1-5-15-7-9-17(13(15)3)11-12-18-10-8-16(6-2)14(18)4;;;/h5-6,9-12H2,1-4H3;2*1H;/q-2;;;+4/p-2. The van der Waals surface area contributed by atoms with Gasteiger partial charge in [-0.15, -0.1) is 26.7 Å². The van der Waals surface area contributed by atoms with Crippen LogP contribution in [0.3, 0.4) is 0 Å². The molecule has 3 heteroatoms. The first-order chi connectivity index (χ1) is 8.67. The minimum atomic E-state index is 0. The van der Waals surface area contributed by atoms with Gasteiger partial charge in [-0.25, -0.2) is 11.1 Å². The van der Waals surface area contributed by atoms with Crippen LogP contribution in [0.5, 0.6) is 0 Å². The maximum Gasteiger partial charge on any atom is 4.00 e. The van der Waals surface area contributed by atoms with E-state index >= 15 is 0 Å². The zero-order valence-corrected chi connectivity index (χ0v) is 16.6. The topological polar surface area (TPSA) is 0 Å². The molecule has 0 aliphatic heterocycles. The summed E-state index contributed by atoms with van der Waals surface area (Å²) in [5.41, 5.74) is 9.14. The van der Waals surface area contributed by atoms with Crippen LogP contribution >= 0.6 is 0 Å². The summed E-state index contributed by atoms with van der Waals surface area (Å²) >= 11 is 0. The number of hydrogen-bond acceptors (Lipinski definition) is 0. The Hall–Kier alpha value is 0.254. The number of allylic oxidation sites excluding steroid dienone is 8. The van der Waals surface area contributed by atoms with Crippen LogP contribution in [0.1, 0.15) is 66.2 Å². The van der Waals surface area contributed by atoms with Crippen LogP contribution in [0.4, 0.5) is 0 Å². The van der Waals surface area contributed by atoms with Gasteiger partial charge < -0.3 is 24.8 Å². The molecule has 2 aliphatic carbocycles. The predicted molar refractivity (Wildman–Crippen MR) is 78.0 cm³/mol. The third-order valence-electron chi connectivity index (χ3n) is 4.43. The fraction of sp³-hybridized carbons (Fsp3) is 0.556. The van der Waals surface area contributed by atoms with Gasteiger partial charge in [0.15, 0.2) is 0 Å². The molecular weight excluding hydrogens is 335 g/mol. The van der Waals surface area contributed by atoms with E-state index < -0.39 is 0 Å². The van der Waals surface area contributed by atoms with Gasteiger partial charge in [0.25, 0.3) is 0 Å². The van der Waals surface area contributed by atoms with Crippen molar-refractivity contribution in [2.24, 2.45) is 0 Å². The molecule has 0 fully saturated rings. The molecule has 0 spiro atoms. The minimum Gasteiger partial charge on any atom is -1.00 e. The summed E-state index contributed by atoms with van der Waals surface area (Å²) in [7, 11) is 0.